The molecule has 2 aliphatic heterocycles. The molecule has 0 aromatic heterocycles. The van der Waals surface area contributed by atoms with Crippen LogP contribution in [0.15, 0.2) is 42.5 Å². The van der Waals surface area contributed by atoms with Crippen LogP contribution in [-0.2, 0) is 17.9 Å². The van der Waals surface area contributed by atoms with E-state index in [4.69, 9.17) is 0 Å². The van der Waals surface area contributed by atoms with Crippen LogP contribution in [0.1, 0.15) is 34.3 Å². The van der Waals surface area contributed by atoms with E-state index in [1.165, 1.54) is 12.1 Å². The summed E-state index contributed by atoms with van der Waals surface area (Å²) in [5.74, 6) is -1.43. The lowest BCUT2D eigenvalue weighted by atomic mass is 10.1. The summed E-state index contributed by atoms with van der Waals surface area (Å²) in [5, 5.41) is 9.33. The summed E-state index contributed by atoms with van der Waals surface area (Å²) < 4.78 is 13.6. The van der Waals surface area contributed by atoms with Crippen LogP contribution in [0.3, 0.4) is 0 Å². The molecule has 6 heteroatoms. The van der Waals surface area contributed by atoms with Gasteiger partial charge in [0.2, 0.25) is 5.91 Å². The second kappa shape index (κ2) is 6.53. The average molecular weight is 354 g/mol. The molecule has 0 unspecified atom stereocenters. The highest BCUT2D eigenvalue weighted by atomic mass is 19.1. The molecular weight excluding hydrogens is 335 g/mol. The summed E-state index contributed by atoms with van der Waals surface area (Å²) in [4.78, 5) is 28.4. The molecule has 2 aromatic carbocycles. The molecule has 0 spiro atoms. The standard InChI is InChI=1S/C20H19FN2O3/c21-16-4-1-3-13(9-16)11-23-18-10-14(20(25)26)6-7-15(18)12-22-8-2-5-17(22)19(23)24/h1,3-4,6-7,9-10,17H,2,5,8,11-12H2,(H,25,26)/t17-/m0/s1. The predicted octanol–water partition coefficient (Wildman–Crippen LogP) is 3.04. The van der Waals surface area contributed by atoms with Gasteiger partial charge in [0.15, 0.2) is 0 Å². The van der Waals surface area contributed by atoms with Crippen molar-refractivity contribution < 1.29 is 19.1 Å². The molecule has 5 nitrogen and oxygen atoms in total. The number of fused-ring (bicyclic) bond motifs is 2. The molecule has 4 rings (SSSR count). The minimum Gasteiger partial charge on any atom is -0.478 e. The Kier molecular flexibility index (Phi) is 4.20. The monoisotopic (exact) mass is 354 g/mol. The number of amides is 1. The van der Waals surface area contributed by atoms with Gasteiger partial charge in [-0.05, 0) is 54.8 Å². The third kappa shape index (κ3) is 2.97. The number of aromatic carboxylic acids is 1. The molecule has 0 radical (unpaired) electrons. The summed E-state index contributed by atoms with van der Waals surface area (Å²) in [6.07, 6.45) is 1.75. The molecule has 1 atom stereocenters. The first-order valence-electron chi connectivity index (χ1n) is 8.69. The van der Waals surface area contributed by atoms with E-state index < -0.39 is 5.97 Å². The molecular formula is C20H19FN2O3. The van der Waals surface area contributed by atoms with Crippen molar-refractivity contribution in [3.63, 3.8) is 0 Å². The zero-order valence-electron chi connectivity index (χ0n) is 14.2. The average Bonchev–Trinajstić information content (AvgIpc) is 3.04. The van der Waals surface area contributed by atoms with Gasteiger partial charge in [0.05, 0.1) is 18.2 Å². The van der Waals surface area contributed by atoms with Crippen molar-refractivity contribution in [2.45, 2.75) is 32.0 Å². The lowest BCUT2D eigenvalue weighted by Crippen LogP contribution is -2.42. The van der Waals surface area contributed by atoms with Crippen LogP contribution in [0, 0.1) is 5.82 Å². The number of halogens is 1. The minimum atomic E-state index is -1.03. The van der Waals surface area contributed by atoms with E-state index in [-0.39, 0.29) is 29.9 Å². The van der Waals surface area contributed by atoms with Crippen molar-refractivity contribution in [3.8, 4) is 0 Å². The van der Waals surface area contributed by atoms with Crippen LogP contribution in [0.4, 0.5) is 10.1 Å². The quantitative estimate of drug-likeness (QED) is 0.920. The van der Waals surface area contributed by atoms with E-state index in [2.05, 4.69) is 4.90 Å². The highest BCUT2D eigenvalue weighted by molar-refractivity contribution is 6.00. The summed E-state index contributed by atoms with van der Waals surface area (Å²) in [6, 6.07) is 10.9. The van der Waals surface area contributed by atoms with Crippen molar-refractivity contribution in [2.75, 3.05) is 11.4 Å². The van der Waals surface area contributed by atoms with E-state index in [1.54, 1.807) is 35.2 Å². The van der Waals surface area contributed by atoms with Gasteiger partial charge >= 0.3 is 5.97 Å². The van der Waals surface area contributed by atoms with E-state index in [0.29, 0.717) is 17.8 Å². The minimum absolute atomic E-state index is 0.0481. The largest absolute Gasteiger partial charge is 0.478 e. The van der Waals surface area contributed by atoms with Gasteiger partial charge in [-0.2, -0.15) is 0 Å². The van der Waals surface area contributed by atoms with Crippen molar-refractivity contribution in [2.24, 2.45) is 0 Å². The molecule has 0 saturated carbocycles. The van der Waals surface area contributed by atoms with Crippen LogP contribution < -0.4 is 4.90 Å². The van der Waals surface area contributed by atoms with Gasteiger partial charge in [0.25, 0.3) is 0 Å². The maximum absolute atomic E-state index is 13.6. The number of rotatable bonds is 3. The summed E-state index contributed by atoms with van der Waals surface area (Å²) >= 11 is 0. The van der Waals surface area contributed by atoms with E-state index >= 15 is 0 Å². The molecule has 134 valence electrons. The first-order chi connectivity index (χ1) is 12.5. The zero-order valence-corrected chi connectivity index (χ0v) is 14.2. The summed E-state index contributed by atoms with van der Waals surface area (Å²) in [6.45, 7) is 1.69. The molecule has 1 amide bonds. The Hall–Kier alpha value is -2.73. The predicted molar refractivity (Wildman–Crippen MR) is 94.4 cm³/mol. The first-order valence-corrected chi connectivity index (χ1v) is 8.69. The van der Waals surface area contributed by atoms with Crippen molar-refractivity contribution in [1.29, 1.82) is 0 Å². The highest BCUT2D eigenvalue weighted by Gasteiger charge is 2.38. The summed E-state index contributed by atoms with van der Waals surface area (Å²) in [7, 11) is 0. The fourth-order valence-electron chi connectivity index (χ4n) is 3.88. The number of benzene rings is 2. The molecule has 0 aliphatic carbocycles. The number of hydrogen-bond acceptors (Lipinski definition) is 3. The normalized spacial score (nSPS) is 19.8. The van der Waals surface area contributed by atoms with Gasteiger partial charge in [-0.25, -0.2) is 9.18 Å². The van der Waals surface area contributed by atoms with Gasteiger partial charge < -0.3 is 10.0 Å². The third-order valence-electron chi connectivity index (χ3n) is 5.14. The molecule has 26 heavy (non-hydrogen) atoms. The maximum Gasteiger partial charge on any atom is 0.335 e. The van der Waals surface area contributed by atoms with Gasteiger partial charge in [0.1, 0.15) is 5.82 Å². The van der Waals surface area contributed by atoms with Gasteiger partial charge in [-0.1, -0.05) is 18.2 Å². The number of carboxylic acid groups (broad SMARTS) is 1. The Bertz CT molecular complexity index is 883. The van der Waals surface area contributed by atoms with E-state index in [9.17, 15) is 19.1 Å². The Balaban J connectivity index is 1.79. The molecule has 1 N–H and O–H groups in total. The highest BCUT2D eigenvalue weighted by Crippen LogP contribution is 2.34. The van der Waals surface area contributed by atoms with Gasteiger partial charge in [-0.15, -0.1) is 0 Å². The fraction of sp³-hybridized carbons (Fsp3) is 0.300. The third-order valence-corrected chi connectivity index (χ3v) is 5.14. The first kappa shape index (κ1) is 16.7. The van der Waals surface area contributed by atoms with Crippen LogP contribution in [0.5, 0.6) is 0 Å². The van der Waals surface area contributed by atoms with Crippen molar-refractivity contribution in [1.82, 2.24) is 4.90 Å². The lowest BCUT2D eigenvalue weighted by molar-refractivity contribution is -0.122. The van der Waals surface area contributed by atoms with Crippen molar-refractivity contribution in [3.05, 3.63) is 65.0 Å². The Morgan fingerprint density at radius 3 is 2.85 bits per heavy atom. The summed E-state index contributed by atoms with van der Waals surface area (Å²) in [5.41, 5.74) is 2.34. The molecule has 0 bridgehead atoms. The molecule has 2 aromatic rings. The van der Waals surface area contributed by atoms with Crippen LogP contribution >= 0.6 is 0 Å². The van der Waals surface area contributed by atoms with E-state index in [1.807, 2.05) is 0 Å². The fourth-order valence-corrected chi connectivity index (χ4v) is 3.88. The van der Waals surface area contributed by atoms with Gasteiger partial charge in [-0.3, -0.25) is 9.69 Å². The zero-order chi connectivity index (χ0) is 18.3. The number of carbonyl (C=O) groups excluding carboxylic acids is 1. The Morgan fingerprint density at radius 2 is 2.08 bits per heavy atom. The molecule has 1 fully saturated rings. The number of hydrogen-bond donors (Lipinski definition) is 1. The van der Waals surface area contributed by atoms with E-state index in [0.717, 1.165) is 24.9 Å². The molecule has 2 heterocycles. The lowest BCUT2D eigenvalue weighted by Gasteiger charge is -2.26. The Morgan fingerprint density at radius 1 is 1.23 bits per heavy atom. The second-order valence-corrected chi connectivity index (χ2v) is 6.83. The molecule has 2 aliphatic rings. The number of nitrogens with zero attached hydrogens (tertiary/aromatic N) is 2. The molecule has 1 saturated heterocycles. The Labute approximate surface area is 150 Å². The topological polar surface area (TPSA) is 60.9 Å². The number of anilines is 1. The number of carboxylic acids is 1. The van der Waals surface area contributed by atoms with Crippen molar-refractivity contribution >= 4 is 17.6 Å². The van der Waals surface area contributed by atoms with Crippen LogP contribution in [-0.4, -0.2) is 34.5 Å². The second-order valence-electron chi connectivity index (χ2n) is 6.83. The smallest absolute Gasteiger partial charge is 0.335 e. The van der Waals surface area contributed by atoms with Gasteiger partial charge in [0, 0.05) is 12.2 Å². The van der Waals surface area contributed by atoms with Crippen LogP contribution in [0.2, 0.25) is 0 Å². The SMILES string of the molecule is O=C(O)c1ccc2c(c1)N(Cc1cccc(F)c1)C(=O)[C@@H]1CCCN1C2. The maximum atomic E-state index is 13.6. The number of carbonyl (C=O) groups is 2. The van der Waals surface area contributed by atoms with Crippen LogP contribution in [0.25, 0.3) is 0 Å².